The zero-order chi connectivity index (χ0) is 13.9. The fourth-order valence-corrected chi connectivity index (χ4v) is 2.63. The van der Waals surface area contributed by atoms with Gasteiger partial charge in [0.05, 0.1) is 21.9 Å². The number of amidine groups is 1. The Balaban J connectivity index is 1.85. The van der Waals surface area contributed by atoms with E-state index in [4.69, 9.17) is 16.0 Å². The van der Waals surface area contributed by atoms with Crippen LogP contribution in [0.1, 0.15) is 5.76 Å². The number of amides is 1. The van der Waals surface area contributed by atoms with E-state index < -0.39 is 0 Å². The van der Waals surface area contributed by atoms with Crippen LogP contribution < -0.4 is 5.32 Å². The summed E-state index contributed by atoms with van der Waals surface area (Å²) >= 11 is 7.28. The lowest BCUT2D eigenvalue weighted by molar-refractivity contribution is -0.115. The number of nitrogens with one attached hydrogen (secondary N) is 1. The van der Waals surface area contributed by atoms with Gasteiger partial charge >= 0.3 is 0 Å². The molecule has 0 aliphatic carbocycles. The van der Waals surface area contributed by atoms with Crippen molar-refractivity contribution in [1.29, 1.82) is 0 Å². The van der Waals surface area contributed by atoms with Crippen LogP contribution in [-0.4, -0.2) is 11.1 Å². The lowest BCUT2D eigenvalue weighted by atomic mass is 10.3. The van der Waals surface area contributed by atoms with E-state index in [1.807, 2.05) is 12.1 Å². The third-order valence-electron chi connectivity index (χ3n) is 2.54. The highest BCUT2D eigenvalue weighted by atomic mass is 35.5. The number of benzene rings is 1. The summed E-state index contributed by atoms with van der Waals surface area (Å²) in [7, 11) is 0. The van der Waals surface area contributed by atoms with Crippen LogP contribution in [0, 0.1) is 0 Å². The fourth-order valence-electron chi connectivity index (χ4n) is 1.63. The Kier molecular flexibility index (Phi) is 3.62. The van der Waals surface area contributed by atoms with Gasteiger partial charge in [-0.15, -0.1) is 0 Å². The van der Waals surface area contributed by atoms with E-state index in [-0.39, 0.29) is 5.91 Å². The molecule has 1 aromatic carbocycles. The van der Waals surface area contributed by atoms with Gasteiger partial charge in [-0.2, -0.15) is 0 Å². The van der Waals surface area contributed by atoms with E-state index >= 15 is 0 Å². The SMILES string of the molecule is O=C1NC(=Nc2ccccc2Cl)S/C1=C/c1ccco1. The summed E-state index contributed by atoms with van der Waals surface area (Å²) in [5, 5.41) is 3.74. The zero-order valence-corrected chi connectivity index (χ0v) is 11.7. The summed E-state index contributed by atoms with van der Waals surface area (Å²) in [6.07, 6.45) is 3.23. The molecule has 4 nitrogen and oxygen atoms in total. The van der Waals surface area contributed by atoms with Gasteiger partial charge in [0.15, 0.2) is 5.17 Å². The molecule has 100 valence electrons. The molecule has 1 aromatic heterocycles. The van der Waals surface area contributed by atoms with E-state index in [9.17, 15) is 4.79 Å². The second kappa shape index (κ2) is 5.56. The molecule has 0 spiro atoms. The first-order valence-corrected chi connectivity index (χ1v) is 6.99. The predicted molar refractivity (Wildman–Crippen MR) is 81.0 cm³/mol. The van der Waals surface area contributed by atoms with E-state index in [1.54, 1.807) is 36.6 Å². The van der Waals surface area contributed by atoms with Crippen molar-refractivity contribution in [2.75, 3.05) is 0 Å². The van der Waals surface area contributed by atoms with Gasteiger partial charge in [-0.25, -0.2) is 4.99 Å². The van der Waals surface area contributed by atoms with Crippen molar-refractivity contribution in [2.45, 2.75) is 0 Å². The van der Waals surface area contributed by atoms with Gasteiger partial charge in [-0.3, -0.25) is 4.79 Å². The van der Waals surface area contributed by atoms with Crippen LogP contribution in [0.2, 0.25) is 5.02 Å². The number of carbonyl (C=O) groups is 1. The minimum atomic E-state index is -0.197. The molecule has 2 heterocycles. The Morgan fingerprint density at radius 3 is 2.85 bits per heavy atom. The summed E-state index contributed by atoms with van der Waals surface area (Å²) in [5.74, 6) is 0.429. The van der Waals surface area contributed by atoms with Gasteiger partial charge in [0.1, 0.15) is 5.76 Å². The Bertz CT molecular complexity index is 708. The first-order chi connectivity index (χ1) is 9.72. The van der Waals surface area contributed by atoms with Crippen LogP contribution >= 0.6 is 23.4 Å². The van der Waals surface area contributed by atoms with E-state index in [0.29, 0.717) is 26.5 Å². The lowest BCUT2D eigenvalue weighted by Gasteiger charge is -1.98. The molecule has 0 radical (unpaired) electrons. The molecule has 0 atom stereocenters. The summed E-state index contributed by atoms with van der Waals surface area (Å²) in [4.78, 5) is 16.7. The first-order valence-electron chi connectivity index (χ1n) is 5.80. The highest BCUT2D eigenvalue weighted by Crippen LogP contribution is 2.30. The Hall–Kier alpha value is -1.98. The van der Waals surface area contributed by atoms with Crippen molar-refractivity contribution < 1.29 is 9.21 Å². The molecule has 6 heteroatoms. The van der Waals surface area contributed by atoms with Crippen LogP contribution in [0.15, 0.2) is 57.0 Å². The van der Waals surface area contributed by atoms with Crippen LogP contribution in [-0.2, 0) is 4.79 Å². The number of hydrogen-bond acceptors (Lipinski definition) is 4. The Labute approximate surface area is 124 Å². The Morgan fingerprint density at radius 1 is 1.25 bits per heavy atom. The second-order valence-corrected chi connectivity index (χ2v) is 5.39. The highest BCUT2D eigenvalue weighted by molar-refractivity contribution is 8.18. The van der Waals surface area contributed by atoms with Gasteiger partial charge in [-0.05, 0) is 36.0 Å². The van der Waals surface area contributed by atoms with Crippen LogP contribution in [0.5, 0.6) is 0 Å². The van der Waals surface area contributed by atoms with Crippen LogP contribution in [0.3, 0.4) is 0 Å². The average Bonchev–Trinajstić information content (AvgIpc) is 3.04. The number of nitrogens with zero attached hydrogens (tertiary/aromatic N) is 1. The minimum absolute atomic E-state index is 0.197. The molecule has 2 aromatic rings. The van der Waals surface area contributed by atoms with Gasteiger partial charge in [0.25, 0.3) is 5.91 Å². The average molecular weight is 305 g/mol. The van der Waals surface area contributed by atoms with Crippen molar-refractivity contribution in [2.24, 2.45) is 4.99 Å². The summed E-state index contributed by atoms with van der Waals surface area (Å²) < 4.78 is 5.19. The molecule has 3 rings (SSSR count). The molecule has 1 N–H and O–H groups in total. The van der Waals surface area contributed by atoms with E-state index in [2.05, 4.69) is 10.3 Å². The molecule has 0 saturated carbocycles. The number of hydrogen-bond donors (Lipinski definition) is 1. The maximum absolute atomic E-state index is 11.8. The molecule has 1 aliphatic heterocycles. The smallest absolute Gasteiger partial charge is 0.264 e. The maximum atomic E-state index is 11.8. The van der Waals surface area contributed by atoms with Crippen molar-refractivity contribution in [3.8, 4) is 0 Å². The quantitative estimate of drug-likeness (QED) is 0.858. The van der Waals surface area contributed by atoms with Crippen molar-refractivity contribution in [3.63, 3.8) is 0 Å². The normalized spacial score (nSPS) is 18.8. The molecular formula is C14H9ClN2O2S. The largest absolute Gasteiger partial charge is 0.465 e. The maximum Gasteiger partial charge on any atom is 0.264 e. The molecule has 1 fully saturated rings. The van der Waals surface area contributed by atoms with Gasteiger partial charge in [0.2, 0.25) is 0 Å². The molecule has 1 saturated heterocycles. The van der Waals surface area contributed by atoms with Gasteiger partial charge in [0, 0.05) is 6.08 Å². The van der Waals surface area contributed by atoms with Crippen molar-refractivity contribution in [1.82, 2.24) is 5.32 Å². The summed E-state index contributed by atoms with van der Waals surface area (Å²) in [6, 6.07) is 10.8. The van der Waals surface area contributed by atoms with Crippen molar-refractivity contribution in [3.05, 3.63) is 58.3 Å². The van der Waals surface area contributed by atoms with Gasteiger partial charge < -0.3 is 9.73 Å². The third kappa shape index (κ3) is 2.79. The van der Waals surface area contributed by atoms with Crippen molar-refractivity contribution >= 4 is 46.2 Å². The number of aliphatic imine (C=N–C) groups is 1. The van der Waals surface area contributed by atoms with Crippen LogP contribution in [0.4, 0.5) is 5.69 Å². The van der Waals surface area contributed by atoms with E-state index in [0.717, 1.165) is 0 Å². The van der Waals surface area contributed by atoms with Gasteiger partial charge in [-0.1, -0.05) is 23.7 Å². The third-order valence-corrected chi connectivity index (χ3v) is 3.77. The molecular weight excluding hydrogens is 296 g/mol. The zero-order valence-electron chi connectivity index (χ0n) is 10.2. The predicted octanol–water partition coefficient (Wildman–Crippen LogP) is 3.82. The monoisotopic (exact) mass is 304 g/mol. The number of thioether (sulfide) groups is 1. The standard InChI is InChI=1S/C14H9ClN2O2S/c15-10-5-1-2-6-11(10)16-14-17-13(18)12(20-14)8-9-4-3-7-19-9/h1-8H,(H,16,17,18)/b12-8+. The first kappa shape index (κ1) is 13.0. The summed E-state index contributed by atoms with van der Waals surface area (Å²) in [6.45, 7) is 0. The summed E-state index contributed by atoms with van der Waals surface area (Å²) in [5.41, 5.74) is 0.621. The number of furan rings is 1. The van der Waals surface area contributed by atoms with Crippen LogP contribution in [0.25, 0.3) is 6.08 Å². The topological polar surface area (TPSA) is 54.6 Å². The number of rotatable bonds is 2. The highest BCUT2D eigenvalue weighted by Gasteiger charge is 2.24. The molecule has 0 unspecified atom stereocenters. The minimum Gasteiger partial charge on any atom is -0.465 e. The molecule has 20 heavy (non-hydrogen) atoms. The number of halogens is 1. The number of para-hydroxylation sites is 1. The molecule has 0 bridgehead atoms. The fraction of sp³-hybridized carbons (Fsp3) is 0. The number of carbonyl (C=O) groups excluding carboxylic acids is 1. The second-order valence-electron chi connectivity index (χ2n) is 3.95. The Morgan fingerprint density at radius 2 is 2.10 bits per heavy atom. The van der Waals surface area contributed by atoms with E-state index in [1.165, 1.54) is 11.8 Å². The molecule has 1 aliphatic rings. The molecule has 1 amide bonds. The lowest BCUT2D eigenvalue weighted by Crippen LogP contribution is -2.19.